The van der Waals surface area contributed by atoms with Gasteiger partial charge in [-0.2, -0.15) is 0 Å². The van der Waals surface area contributed by atoms with Crippen LogP contribution in [0, 0.1) is 0 Å². The zero-order valence-electron chi connectivity index (χ0n) is 16.4. The van der Waals surface area contributed by atoms with Gasteiger partial charge in [-0.15, -0.1) is 0 Å². The second kappa shape index (κ2) is 8.58. The van der Waals surface area contributed by atoms with Crippen LogP contribution in [0.25, 0.3) is 0 Å². The van der Waals surface area contributed by atoms with Crippen LogP contribution in [0.1, 0.15) is 61.8 Å². The van der Waals surface area contributed by atoms with Gasteiger partial charge in [0, 0.05) is 0 Å². The molecule has 0 saturated heterocycles. The molecule has 0 aromatic heterocycles. The van der Waals surface area contributed by atoms with Crippen LogP contribution in [-0.4, -0.2) is 14.0 Å². The van der Waals surface area contributed by atoms with Gasteiger partial charge in [-0.25, -0.2) is 0 Å². The van der Waals surface area contributed by atoms with Crippen LogP contribution in [-0.2, 0) is 17.6 Å². The minimum Gasteiger partial charge on any atom is -0.0999 e. The Balaban J connectivity index is 2.03. The Labute approximate surface area is 162 Å². The van der Waals surface area contributed by atoms with Crippen LogP contribution in [0.5, 0.6) is 0 Å². The molecule has 1 aliphatic heterocycles. The van der Waals surface area contributed by atoms with Crippen molar-refractivity contribution in [3.8, 4) is 0 Å². The molecule has 0 aliphatic carbocycles. The maximum atomic E-state index is 7.34. The summed E-state index contributed by atoms with van der Waals surface area (Å²) >= 11 is 0. The van der Waals surface area contributed by atoms with E-state index in [1.54, 1.807) is 0 Å². The molecule has 2 heteroatoms. The number of rotatable bonds is 7. The lowest BCUT2D eigenvalue weighted by atomic mass is 9.67. The van der Waals surface area contributed by atoms with Crippen molar-refractivity contribution in [2.75, 3.05) is 6.16 Å². The van der Waals surface area contributed by atoms with E-state index in [0.717, 1.165) is 6.42 Å². The molecule has 2 radical (unpaired) electrons. The van der Waals surface area contributed by atoms with E-state index < -0.39 is 0 Å². The Bertz CT molecular complexity index is 766. The molecule has 0 N–H and O–H groups in total. The average molecular weight is 360 g/mol. The molecule has 3 unspecified atom stereocenters. The van der Waals surface area contributed by atoms with Gasteiger partial charge in [0.2, 0.25) is 0 Å². The smallest absolute Gasteiger partial charge is 0.0882 e. The first-order valence-electron chi connectivity index (χ1n) is 9.94. The maximum Gasteiger partial charge on any atom is 0.0882 e. The van der Waals surface area contributed by atoms with Crippen molar-refractivity contribution < 1.29 is 0 Å². The number of unbranched alkanes of at least 4 members (excludes halogenated alkanes) is 1. The van der Waals surface area contributed by atoms with E-state index in [1.165, 1.54) is 47.4 Å². The van der Waals surface area contributed by atoms with Gasteiger partial charge in [0.25, 0.3) is 0 Å². The number of fused-ring (bicyclic) bond motifs is 1. The molecular formula is C24H30BP. The predicted molar refractivity (Wildman–Crippen MR) is 118 cm³/mol. The lowest BCUT2D eigenvalue weighted by molar-refractivity contribution is 0.668. The minimum atomic E-state index is -0.252. The van der Waals surface area contributed by atoms with Gasteiger partial charge in [-0.3, -0.25) is 0 Å². The summed E-state index contributed by atoms with van der Waals surface area (Å²) in [5.41, 5.74) is 5.72. The van der Waals surface area contributed by atoms with Crippen LogP contribution >= 0.6 is 7.92 Å². The molecule has 2 aromatic rings. The van der Waals surface area contributed by atoms with Crippen molar-refractivity contribution in [1.82, 2.24) is 0 Å². The van der Waals surface area contributed by atoms with Crippen molar-refractivity contribution in [3.63, 3.8) is 0 Å². The van der Waals surface area contributed by atoms with Crippen LogP contribution in [0.15, 0.2) is 60.7 Å². The number of hydrogen-bond donors (Lipinski definition) is 0. The van der Waals surface area contributed by atoms with E-state index in [9.17, 15) is 0 Å². The fourth-order valence-corrected chi connectivity index (χ4v) is 7.72. The Morgan fingerprint density at radius 2 is 1.88 bits per heavy atom. The molecule has 0 spiro atoms. The Morgan fingerprint density at radius 3 is 2.65 bits per heavy atom. The highest BCUT2D eigenvalue weighted by Gasteiger charge is 2.45. The van der Waals surface area contributed by atoms with Crippen molar-refractivity contribution in [2.45, 2.75) is 57.2 Å². The Morgan fingerprint density at radius 1 is 1.15 bits per heavy atom. The predicted octanol–water partition coefficient (Wildman–Crippen LogP) is 6.73. The third-order valence-corrected chi connectivity index (χ3v) is 9.12. The summed E-state index contributed by atoms with van der Waals surface area (Å²) in [5, 5.41) is -0.215. The van der Waals surface area contributed by atoms with Gasteiger partial charge in [0.05, 0.1) is 7.85 Å². The highest BCUT2D eigenvalue weighted by atomic mass is 31.1. The number of hydrogen-bond acceptors (Lipinski definition) is 0. The maximum absolute atomic E-state index is 7.34. The molecule has 26 heavy (non-hydrogen) atoms. The average Bonchev–Trinajstić information content (AvgIpc) is 2.97. The summed E-state index contributed by atoms with van der Waals surface area (Å²) in [7, 11) is 7.09. The second-order valence-corrected chi connectivity index (χ2v) is 10.0. The summed E-state index contributed by atoms with van der Waals surface area (Å²) in [4.78, 5) is 0. The second-order valence-electron chi connectivity index (χ2n) is 7.45. The summed E-state index contributed by atoms with van der Waals surface area (Å²) in [5.74, 6) is 0.329. The van der Waals surface area contributed by atoms with Gasteiger partial charge >= 0.3 is 0 Å². The third kappa shape index (κ3) is 3.56. The van der Waals surface area contributed by atoms with Crippen molar-refractivity contribution >= 4 is 15.8 Å². The summed E-state index contributed by atoms with van der Waals surface area (Å²) < 4.78 is 0. The molecule has 0 fully saturated rings. The van der Waals surface area contributed by atoms with Crippen molar-refractivity contribution in [2.24, 2.45) is 0 Å². The fraction of sp³-hybridized carbons (Fsp3) is 0.417. The van der Waals surface area contributed by atoms with Crippen LogP contribution < -0.4 is 0 Å². The number of benzene rings is 2. The van der Waals surface area contributed by atoms with E-state index in [0.29, 0.717) is 5.92 Å². The SMILES string of the molecule is [B]C1(C(C)c2ccccc2C/C=C\C)c2ccccc2CP1CCCC. The van der Waals surface area contributed by atoms with E-state index in [-0.39, 0.29) is 13.0 Å². The Hall–Kier alpha value is -1.33. The Kier molecular flexibility index (Phi) is 6.41. The largest absolute Gasteiger partial charge is 0.0999 e. The zero-order valence-corrected chi connectivity index (χ0v) is 17.3. The quantitative estimate of drug-likeness (QED) is 0.292. The van der Waals surface area contributed by atoms with Crippen molar-refractivity contribution in [3.05, 3.63) is 82.9 Å². The van der Waals surface area contributed by atoms with E-state index >= 15 is 0 Å². The lowest BCUT2D eigenvalue weighted by Crippen LogP contribution is -2.30. The molecule has 0 amide bonds. The molecule has 1 heterocycles. The third-order valence-electron chi connectivity index (χ3n) is 5.87. The molecule has 134 valence electrons. The first-order valence-corrected chi connectivity index (χ1v) is 11.6. The topological polar surface area (TPSA) is 0 Å². The van der Waals surface area contributed by atoms with Gasteiger partial charge < -0.3 is 0 Å². The normalized spacial score (nSPS) is 23.3. The van der Waals surface area contributed by atoms with Crippen LogP contribution in [0.4, 0.5) is 0 Å². The molecule has 3 rings (SSSR count). The van der Waals surface area contributed by atoms with E-state index in [2.05, 4.69) is 81.5 Å². The molecule has 0 nitrogen and oxygen atoms in total. The minimum absolute atomic E-state index is 0.215. The standard InChI is InChI=1S/C24H30BP/c1-4-6-12-20-13-8-10-15-22(20)19(3)24(25)23-16-11-9-14-21(23)18-26(24)17-7-5-2/h4,6,8-11,13-16,19H,5,7,12,17-18H2,1-3H3/b6-4-. The zero-order chi connectivity index (χ0) is 18.6. The molecular weight excluding hydrogens is 330 g/mol. The first kappa shape index (κ1) is 19.4. The monoisotopic (exact) mass is 360 g/mol. The summed E-state index contributed by atoms with van der Waals surface area (Å²) in [6.45, 7) is 6.73. The molecule has 3 atom stereocenters. The van der Waals surface area contributed by atoms with E-state index in [4.69, 9.17) is 7.85 Å². The number of allylic oxidation sites excluding steroid dienone is 2. The highest BCUT2D eigenvalue weighted by molar-refractivity contribution is 7.60. The fourth-order valence-electron chi connectivity index (χ4n) is 4.30. The molecule has 1 aliphatic rings. The molecule has 2 aromatic carbocycles. The van der Waals surface area contributed by atoms with E-state index in [1.807, 2.05) is 0 Å². The summed E-state index contributed by atoms with van der Waals surface area (Å²) in [6, 6.07) is 17.8. The van der Waals surface area contributed by atoms with Gasteiger partial charge in [0.1, 0.15) is 0 Å². The highest BCUT2D eigenvalue weighted by Crippen LogP contribution is 2.68. The van der Waals surface area contributed by atoms with Crippen molar-refractivity contribution in [1.29, 1.82) is 0 Å². The van der Waals surface area contributed by atoms with Crippen LogP contribution in [0.3, 0.4) is 0 Å². The molecule has 0 bridgehead atoms. The van der Waals surface area contributed by atoms with Gasteiger partial charge in [-0.05, 0) is 65.3 Å². The molecule has 0 saturated carbocycles. The van der Waals surface area contributed by atoms with Crippen LogP contribution in [0.2, 0.25) is 0 Å². The van der Waals surface area contributed by atoms with Gasteiger partial charge in [0.15, 0.2) is 0 Å². The summed E-state index contributed by atoms with van der Waals surface area (Å²) in [6.07, 6.45) is 10.4. The lowest BCUT2D eigenvalue weighted by Gasteiger charge is -2.41. The van der Waals surface area contributed by atoms with Gasteiger partial charge in [-0.1, -0.05) is 88.9 Å². The first-order chi connectivity index (χ1) is 12.6.